The maximum absolute atomic E-state index is 12.3. The standard InChI is InChI=1S/C23H30N4O3/c1-23(2,3)30-22(28)27-19(16-9-5-4-6-10-16)15-25-21(24)26-18-13-14-29-20-12-8-7-11-17(18)20/h4-12,18-19H,13-15H2,1-3H3,(H,27,28)(H3,24,25,26). The number of carbonyl (C=O) groups excluding carboxylic acids is 1. The van der Waals surface area contributed by atoms with E-state index in [0.717, 1.165) is 23.3 Å². The van der Waals surface area contributed by atoms with Crippen molar-refractivity contribution in [2.75, 3.05) is 13.2 Å². The molecule has 0 aromatic heterocycles. The predicted molar refractivity (Wildman–Crippen MR) is 117 cm³/mol. The quantitative estimate of drug-likeness (QED) is 0.516. The summed E-state index contributed by atoms with van der Waals surface area (Å²) in [5.74, 6) is 1.19. The molecule has 1 heterocycles. The minimum absolute atomic E-state index is 0.0349. The molecule has 2 aromatic rings. The lowest BCUT2D eigenvalue weighted by Crippen LogP contribution is -2.39. The number of hydrogen-bond acceptors (Lipinski definition) is 4. The monoisotopic (exact) mass is 410 g/mol. The molecule has 0 radical (unpaired) electrons. The number of nitrogens with zero attached hydrogens (tertiary/aromatic N) is 1. The molecule has 0 aliphatic carbocycles. The van der Waals surface area contributed by atoms with Crippen molar-refractivity contribution in [3.63, 3.8) is 0 Å². The average molecular weight is 411 g/mol. The van der Waals surface area contributed by atoms with Crippen molar-refractivity contribution in [3.05, 3.63) is 65.7 Å². The Balaban J connectivity index is 1.68. The van der Waals surface area contributed by atoms with Crippen molar-refractivity contribution in [3.8, 4) is 5.75 Å². The molecule has 160 valence electrons. The molecule has 7 nitrogen and oxygen atoms in total. The number of hydrogen-bond donors (Lipinski definition) is 3. The first-order chi connectivity index (χ1) is 14.3. The van der Waals surface area contributed by atoms with Gasteiger partial charge in [-0.3, -0.25) is 4.99 Å². The third-order valence-corrected chi connectivity index (χ3v) is 4.62. The number of nitrogens with two attached hydrogens (primary N) is 1. The van der Waals surface area contributed by atoms with Gasteiger partial charge in [-0.15, -0.1) is 0 Å². The number of alkyl carbamates (subject to hydrolysis) is 1. The summed E-state index contributed by atoms with van der Waals surface area (Å²) in [5.41, 5.74) is 7.59. The van der Waals surface area contributed by atoms with Crippen LogP contribution in [0.3, 0.4) is 0 Å². The fourth-order valence-corrected chi connectivity index (χ4v) is 3.28. The van der Waals surface area contributed by atoms with E-state index < -0.39 is 11.7 Å². The van der Waals surface area contributed by atoms with Crippen LogP contribution in [0.2, 0.25) is 0 Å². The van der Waals surface area contributed by atoms with E-state index in [4.69, 9.17) is 15.2 Å². The highest BCUT2D eigenvalue weighted by molar-refractivity contribution is 5.78. The third kappa shape index (κ3) is 6.14. The van der Waals surface area contributed by atoms with E-state index in [-0.39, 0.29) is 18.6 Å². The number of amides is 1. The Kier molecular flexibility index (Phi) is 6.82. The fourth-order valence-electron chi connectivity index (χ4n) is 3.28. The second-order valence-corrected chi connectivity index (χ2v) is 8.21. The van der Waals surface area contributed by atoms with Crippen LogP contribution in [0.5, 0.6) is 5.75 Å². The minimum Gasteiger partial charge on any atom is -0.493 e. The molecule has 0 saturated carbocycles. The van der Waals surface area contributed by atoms with Crippen molar-refractivity contribution in [2.24, 2.45) is 10.7 Å². The van der Waals surface area contributed by atoms with Crippen LogP contribution in [0.1, 0.15) is 50.4 Å². The first kappa shape index (κ1) is 21.5. The Morgan fingerprint density at radius 1 is 1.20 bits per heavy atom. The average Bonchev–Trinajstić information content (AvgIpc) is 2.71. The van der Waals surface area contributed by atoms with Gasteiger partial charge >= 0.3 is 6.09 Å². The van der Waals surface area contributed by atoms with E-state index in [2.05, 4.69) is 15.6 Å². The third-order valence-electron chi connectivity index (χ3n) is 4.62. The van der Waals surface area contributed by atoms with Crippen LogP contribution in [-0.2, 0) is 4.74 Å². The van der Waals surface area contributed by atoms with Gasteiger partial charge in [0.05, 0.1) is 25.2 Å². The normalized spacial score (nSPS) is 17.3. The Bertz CT molecular complexity index is 878. The summed E-state index contributed by atoms with van der Waals surface area (Å²) in [6.07, 6.45) is 0.308. The van der Waals surface area contributed by atoms with Crippen LogP contribution in [0.25, 0.3) is 0 Å². The van der Waals surface area contributed by atoms with E-state index in [1.807, 2.05) is 75.4 Å². The van der Waals surface area contributed by atoms with E-state index in [1.54, 1.807) is 0 Å². The molecule has 0 spiro atoms. The molecule has 0 saturated heterocycles. The molecule has 7 heteroatoms. The number of nitrogens with one attached hydrogen (secondary N) is 2. The number of rotatable bonds is 5. The largest absolute Gasteiger partial charge is 0.493 e. The van der Waals surface area contributed by atoms with Gasteiger partial charge in [0.1, 0.15) is 11.4 Å². The Morgan fingerprint density at radius 2 is 1.90 bits per heavy atom. The SMILES string of the molecule is CC(C)(C)OC(=O)NC(CN=C(N)NC1CCOc2ccccc21)c1ccccc1. The van der Waals surface area contributed by atoms with Crippen molar-refractivity contribution in [1.82, 2.24) is 10.6 Å². The number of guanidine groups is 1. The first-order valence-electron chi connectivity index (χ1n) is 10.1. The summed E-state index contributed by atoms with van der Waals surface area (Å²) in [7, 11) is 0. The smallest absolute Gasteiger partial charge is 0.408 e. The molecule has 2 unspecified atom stereocenters. The van der Waals surface area contributed by atoms with E-state index in [1.165, 1.54) is 0 Å². The Hall–Kier alpha value is -3.22. The number of para-hydroxylation sites is 1. The molecular weight excluding hydrogens is 380 g/mol. The van der Waals surface area contributed by atoms with E-state index in [9.17, 15) is 4.79 Å². The molecule has 1 aliphatic rings. The van der Waals surface area contributed by atoms with Gasteiger partial charge in [-0.05, 0) is 32.4 Å². The lowest BCUT2D eigenvalue weighted by molar-refractivity contribution is 0.0505. The number of carbonyl (C=O) groups is 1. The summed E-state index contributed by atoms with van der Waals surface area (Å²) >= 11 is 0. The topological polar surface area (TPSA) is 98.0 Å². The second kappa shape index (κ2) is 9.52. The molecule has 0 bridgehead atoms. The summed E-state index contributed by atoms with van der Waals surface area (Å²) in [6.45, 7) is 6.39. The maximum atomic E-state index is 12.3. The van der Waals surface area contributed by atoms with Crippen LogP contribution in [-0.4, -0.2) is 30.8 Å². The Labute approximate surface area is 177 Å². The molecule has 3 rings (SSSR count). The van der Waals surface area contributed by atoms with Gasteiger partial charge in [0.2, 0.25) is 0 Å². The number of benzene rings is 2. The number of fused-ring (bicyclic) bond motifs is 1. The lowest BCUT2D eigenvalue weighted by Gasteiger charge is -2.27. The molecule has 30 heavy (non-hydrogen) atoms. The zero-order chi connectivity index (χ0) is 21.6. The zero-order valence-electron chi connectivity index (χ0n) is 17.7. The van der Waals surface area contributed by atoms with Gasteiger partial charge in [0.25, 0.3) is 0 Å². The molecule has 1 amide bonds. The van der Waals surface area contributed by atoms with Crippen molar-refractivity contribution < 1.29 is 14.3 Å². The van der Waals surface area contributed by atoms with Crippen molar-refractivity contribution >= 4 is 12.1 Å². The predicted octanol–water partition coefficient (Wildman–Crippen LogP) is 3.68. The van der Waals surface area contributed by atoms with Crippen LogP contribution >= 0.6 is 0 Å². The van der Waals surface area contributed by atoms with Gasteiger partial charge in [-0.2, -0.15) is 0 Å². The highest BCUT2D eigenvalue weighted by Crippen LogP contribution is 2.31. The lowest BCUT2D eigenvalue weighted by atomic mass is 10.0. The second-order valence-electron chi connectivity index (χ2n) is 8.21. The van der Waals surface area contributed by atoms with E-state index >= 15 is 0 Å². The highest BCUT2D eigenvalue weighted by Gasteiger charge is 2.23. The number of ether oxygens (including phenoxy) is 2. The van der Waals surface area contributed by atoms with Crippen LogP contribution < -0.4 is 21.1 Å². The summed E-state index contributed by atoms with van der Waals surface area (Å²) in [4.78, 5) is 16.8. The van der Waals surface area contributed by atoms with Gasteiger partial charge in [-0.1, -0.05) is 48.5 Å². The molecule has 2 atom stereocenters. The van der Waals surface area contributed by atoms with Crippen molar-refractivity contribution in [2.45, 2.75) is 44.9 Å². The van der Waals surface area contributed by atoms with Crippen molar-refractivity contribution in [1.29, 1.82) is 0 Å². The summed E-state index contributed by atoms with van der Waals surface area (Å²) in [6, 6.07) is 17.2. The molecule has 4 N–H and O–H groups in total. The maximum Gasteiger partial charge on any atom is 0.408 e. The summed E-state index contributed by atoms with van der Waals surface area (Å²) < 4.78 is 11.1. The Morgan fingerprint density at radius 3 is 2.63 bits per heavy atom. The molecule has 0 fully saturated rings. The molecule has 2 aromatic carbocycles. The highest BCUT2D eigenvalue weighted by atomic mass is 16.6. The number of aliphatic imine (C=N–C) groups is 1. The minimum atomic E-state index is -0.578. The van der Waals surface area contributed by atoms with Crippen LogP contribution in [0.15, 0.2) is 59.6 Å². The zero-order valence-corrected chi connectivity index (χ0v) is 17.7. The molecular formula is C23H30N4O3. The van der Waals surface area contributed by atoms with Gasteiger partial charge in [0, 0.05) is 12.0 Å². The molecule has 1 aliphatic heterocycles. The first-order valence-corrected chi connectivity index (χ1v) is 10.1. The van der Waals surface area contributed by atoms with Crippen LogP contribution in [0, 0.1) is 0 Å². The fraction of sp³-hybridized carbons (Fsp3) is 0.391. The van der Waals surface area contributed by atoms with Gasteiger partial charge in [-0.25, -0.2) is 4.79 Å². The van der Waals surface area contributed by atoms with Crippen LogP contribution in [0.4, 0.5) is 4.79 Å². The van der Waals surface area contributed by atoms with Gasteiger partial charge in [0.15, 0.2) is 5.96 Å². The summed E-state index contributed by atoms with van der Waals surface area (Å²) in [5, 5.41) is 6.17. The van der Waals surface area contributed by atoms with E-state index in [0.29, 0.717) is 12.6 Å². The van der Waals surface area contributed by atoms with Gasteiger partial charge < -0.3 is 25.8 Å².